The molecule has 0 spiro atoms. The summed E-state index contributed by atoms with van der Waals surface area (Å²) < 4.78 is 12.0. The molecule has 0 aliphatic carbocycles. The number of benzene rings is 2. The number of carbonyl (C=O) groups is 2. The number of rotatable bonds is 9. The number of hydrogen-bond donors (Lipinski definition) is 2. The molecule has 4 rings (SSSR count). The van der Waals surface area contributed by atoms with Crippen LogP contribution in [0.1, 0.15) is 56.2 Å². The lowest BCUT2D eigenvalue weighted by Gasteiger charge is -2.20. The predicted octanol–water partition coefficient (Wildman–Crippen LogP) is 5.04. The molecule has 8 nitrogen and oxygen atoms in total. The molecule has 1 aromatic heterocycles. The van der Waals surface area contributed by atoms with E-state index in [-0.39, 0.29) is 35.8 Å². The first-order valence-corrected chi connectivity index (χ1v) is 13.0. The molecule has 1 saturated heterocycles. The second-order valence-corrected chi connectivity index (χ2v) is 9.98. The SMILES string of the molecule is CC(=O)Nc1nc(C(=O)N[C@@H](C)c2ccc(O[C@@H]3CCN(c4ccc(OC(C)C)cc4)C3)cc2)cs1. The smallest absolute Gasteiger partial charge is 0.271 e. The maximum atomic E-state index is 12.5. The van der Waals surface area contributed by atoms with Crippen molar-refractivity contribution in [1.29, 1.82) is 0 Å². The van der Waals surface area contributed by atoms with Crippen LogP contribution < -0.4 is 25.0 Å². The van der Waals surface area contributed by atoms with E-state index in [4.69, 9.17) is 9.47 Å². The second-order valence-electron chi connectivity index (χ2n) is 9.12. The molecule has 0 bridgehead atoms. The van der Waals surface area contributed by atoms with E-state index in [2.05, 4.69) is 32.7 Å². The van der Waals surface area contributed by atoms with Crippen LogP contribution in [0.3, 0.4) is 0 Å². The molecule has 1 fully saturated rings. The minimum absolute atomic E-state index is 0.113. The zero-order chi connectivity index (χ0) is 25.7. The summed E-state index contributed by atoms with van der Waals surface area (Å²) >= 11 is 1.22. The van der Waals surface area contributed by atoms with Crippen LogP contribution >= 0.6 is 11.3 Å². The Morgan fingerprint density at radius 1 is 1.06 bits per heavy atom. The van der Waals surface area contributed by atoms with Crippen molar-refractivity contribution in [2.24, 2.45) is 0 Å². The van der Waals surface area contributed by atoms with Gasteiger partial charge in [-0.25, -0.2) is 4.98 Å². The van der Waals surface area contributed by atoms with Crippen molar-refractivity contribution in [3.05, 3.63) is 65.2 Å². The number of amides is 2. The van der Waals surface area contributed by atoms with Gasteiger partial charge in [-0.3, -0.25) is 9.59 Å². The molecular formula is C27H32N4O4S. The van der Waals surface area contributed by atoms with Gasteiger partial charge in [0, 0.05) is 31.0 Å². The summed E-state index contributed by atoms with van der Waals surface area (Å²) in [4.78, 5) is 30.2. The molecule has 9 heteroatoms. The lowest BCUT2D eigenvalue weighted by Crippen LogP contribution is -2.27. The van der Waals surface area contributed by atoms with Gasteiger partial charge in [0.15, 0.2) is 5.13 Å². The zero-order valence-corrected chi connectivity index (χ0v) is 21.8. The largest absolute Gasteiger partial charge is 0.491 e. The van der Waals surface area contributed by atoms with E-state index in [1.165, 1.54) is 23.9 Å². The lowest BCUT2D eigenvalue weighted by atomic mass is 10.1. The number of thiazole rings is 1. The van der Waals surface area contributed by atoms with Gasteiger partial charge >= 0.3 is 0 Å². The van der Waals surface area contributed by atoms with Crippen molar-refractivity contribution < 1.29 is 19.1 Å². The molecule has 36 heavy (non-hydrogen) atoms. The van der Waals surface area contributed by atoms with E-state index in [1.807, 2.05) is 57.2 Å². The van der Waals surface area contributed by atoms with Crippen LogP contribution in [0.4, 0.5) is 10.8 Å². The summed E-state index contributed by atoms with van der Waals surface area (Å²) in [6.45, 7) is 9.13. The first-order chi connectivity index (χ1) is 17.3. The minimum atomic E-state index is -0.287. The highest BCUT2D eigenvalue weighted by Crippen LogP contribution is 2.27. The first kappa shape index (κ1) is 25.5. The summed E-state index contributed by atoms with van der Waals surface area (Å²) in [6.07, 6.45) is 1.22. The molecule has 1 aliphatic heterocycles. The molecule has 0 radical (unpaired) electrons. The maximum absolute atomic E-state index is 12.5. The molecule has 2 N–H and O–H groups in total. The van der Waals surface area contributed by atoms with Gasteiger partial charge in [0.05, 0.1) is 18.7 Å². The zero-order valence-electron chi connectivity index (χ0n) is 21.0. The van der Waals surface area contributed by atoms with Gasteiger partial charge in [-0.15, -0.1) is 11.3 Å². The van der Waals surface area contributed by atoms with Gasteiger partial charge in [0.2, 0.25) is 5.91 Å². The number of nitrogens with zero attached hydrogens (tertiary/aromatic N) is 2. The molecule has 2 amide bonds. The molecule has 2 heterocycles. The van der Waals surface area contributed by atoms with Crippen molar-refractivity contribution in [3.63, 3.8) is 0 Å². The van der Waals surface area contributed by atoms with Gasteiger partial charge in [0.25, 0.3) is 5.91 Å². The number of anilines is 2. The Kier molecular flexibility index (Phi) is 8.10. The highest BCUT2D eigenvalue weighted by Gasteiger charge is 2.24. The average Bonchev–Trinajstić information content (AvgIpc) is 3.49. The molecule has 1 aliphatic rings. The monoisotopic (exact) mass is 508 g/mol. The van der Waals surface area contributed by atoms with Crippen molar-refractivity contribution in [2.75, 3.05) is 23.3 Å². The summed E-state index contributed by atoms with van der Waals surface area (Å²) in [6, 6.07) is 15.8. The molecule has 0 unspecified atom stereocenters. The molecule has 3 aromatic rings. The van der Waals surface area contributed by atoms with Crippen molar-refractivity contribution in [3.8, 4) is 11.5 Å². The number of ether oxygens (including phenoxy) is 2. The summed E-state index contributed by atoms with van der Waals surface area (Å²) in [5, 5.41) is 7.57. The van der Waals surface area contributed by atoms with Crippen LogP contribution in [-0.2, 0) is 4.79 Å². The Morgan fingerprint density at radius 3 is 2.42 bits per heavy atom. The summed E-state index contributed by atoms with van der Waals surface area (Å²) in [7, 11) is 0. The maximum Gasteiger partial charge on any atom is 0.271 e. The molecule has 2 atom stereocenters. The van der Waals surface area contributed by atoms with E-state index in [9.17, 15) is 9.59 Å². The number of aromatic nitrogens is 1. The standard InChI is InChI=1S/C27H32N4O4S/c1-17(2)34-22-11-7-21(8-12-22)31-14-13-24(15-31)35-23-9-5-20(6-10-23)18(3)28-26(33)25-16-36-27(30-25)29-19(4)32/h5-12,16-18,24H,13-15H2,1-4H3,(H,28,33)(H,29,30,32)/t18-,24+/m0/s1. The van der Waals surface area contributed by atoms with Gasteiger partial charge in [-0.05, 0) is 62.7 Å². The molecule has 2 aromatic carbocycles. The first-order valence-electron chi connectivity index (χ1n) is 12.1. The normalized spacial score (nSPS) is 16.0. The topological polar surface area (TPSA) is 92.8 Å². The van der Waals surface area contributed by atoms with E-state index in [0.29, 0.717) is 5.13 Å². The molecular weight excluding hydrogens is 476 g/mol. The van der Waals surface area contributed by atoms with Gasteiger partial charge in [-0.2, -0.15) is 0 Å². The lowest BCUT2D eigenvalue weighted by molar-refractivity contribution is -0.114. The Bertz CT molecular complexity index is 1180. The Hall–Kier alpha value is -3.59. The number of carbonyl (C=O) groups excluding carboxylic acids is 2. The molecule has 0 saturated carbocycles. The second kappa shape index (κ2) is 11.4. The van der Waals surface area contributed by atoms with E-state index in [0.717, 1.165) is 36.6 Å². The van der Waals surface area contributed by atoms with Crippen molar-refractivity contribution in [1.82, 2.24) is 10.3 Å². The van der Waals surface area contributed by atoms with Crippen LogP contribution in [0.5, 0.6) is 11.5 Å². The average molecular weight is 509 g/mol. The summed E-state index contributed by atoms with van der Waals surface area (Å²) in [5.74, 6) is 1.19. The summed E-state index contributed by atoms with van der Waals surface area (Å²) in [5.41, 5.74) is 2.41. The Morgan fingerprint density at radius 2 is 1.75 bits per heavy atom. The minimum Gasteiger partial charge on any atom is -0.491 e. The fraction of sp³-hybridized carbons (Fsp3) is 0.370. The fourth-order valence-corrected chi connectivity index (χ4v) is 4.77. The van der Waals surface area contributed by atoms with Crippen LogP contribution in [0.2, 0.25) is 0 Å². The Balaban J connectivity index is 1.27. The third-order valence-electron chi connectivity index (χ3n) is 5.77. The van der Waals surface area contributed by atoms with Gasteiger partial charge < -0.3 is 25.0 Å². The van der Waals surface area contributed by atoms with Gasteiger partial charge in [0.1, 0.15) is 23.3 Å². The van der Waals surface area contributed by atoms with Crippen LogP contribution in [0.15, 0.2) is 53.9 Å². The predicted molar refractivity (Wildman–Crippen MR) is 142 cm³/mol. The number of hydrogen-bond acceptors (Lipinski definition) is 7. The quantitative estimate of drug-likeness (QED) is 0.421. The number of nitrogens with one attached hydrogen (secondary N) is 2. The van der Waals surface area contributed by atoms with Crippen molar-refractivity contribution in [2.45, 2.75) is 52.4 Å². The van der Waals surface area contributed by atoms with E-state index >= 15 is 0 Å². The van der Waals surface area contributed by atoms with Crippen LogP contribution in [0, 0.1) is 0 Å². The van der Waals surface area contributed by atoms with Crippen LogP contribution in [0.25, 0.3) is 0 Å². The van der Waals surface area contributed by atoms with E-state index in [1.54, 1.807) is 5.38 Å². The van der Waals surface area contributed by atoms with Gasteiger partial charge in [-0.1, -0.05) is 12.1 Å². The fourth-order valence-electron chi connectivity index (χ4n) is 4.03. The molecule has 190 valence electrons. The third kappa shape index (κ3) is 6.75. The van der Waals surface area contributed by atoms with Crippen molar-refractivity contribution >= 4 is 34.0 Å². The third-order valence-corrected chi connectivity index (χ3v) is 6.53. The highest BCUT2D eigenvalue weighted by molar-refractivity contribution is 7.14. The van der Waals surface area contributed by atoms with Crippen LogP contribution in [-0.4, -0.2) is 42.1 Å². The Labute approximate surface area is 215 Å². The van der Waals surface area contributed by atoms with E-state index < -0.39 is 0 Å². The highest BCUT2D eigenvalue weighted by atomic mass is 32.1.